The van der Waals surface area contributed by atoms with Crippen molar-refractivity contribution in [3.05, 3.63) is 46.8 Å². The Morgan fingerprint density at radius 3 is 2.46 bits per heavy atom. The average molecular weight is 510 g/mol. The van der Waals surface area contributed by atoms with Gasteiger partial charge < -0.3 is 25.6 Å². The first-order valence-corrected chi connectivity index (χ1v) is 12.9. The molecule has 2 aromatic rings. The summed E-state index contributed by atoms with van der Waals surface area (Å²) in [5.41, 5.74) is 12.4. The molecule has 0 bridgehead atoms. The molecule has 0 unspecified atom stereocenters. The van der Waals surface area contributed by atoms with Crippen LogP contribution in [-0.4, -0.2) is 65.5 Å². The Morgan fingerprint density at radius 1 is 1.16 bits per heavy atom. The summed E-state index contributed by atoms with van der Waals surface area (Å²) in [4.78, 5) is 45.6. The number of amides is 3. The van der Waals surface area contributed by atoms with Crippen LogP contribution in [0.4, 0.5) is 10.5 Å². The van der Waals surface area contributed by atoms with E-state index in [1.165, 1.54) is 4.90 Å². The summed E-state index contributed by atoms with van der Waals surface area (Å²) < 4.78 is 4.94. The van der Waals surface area contributed by atoms with E-state index in [0.29, 0.717) is 43.5 Å². The number of esters is 1. The minimum atomic E-state index is -0.365. The lowest BCUT2D eigenvalue weighted by atomic mass is 9.92. The highest BCUT2D eigenvalue weighted by Gasteiger charge is 2.29. The van der Waals surface area contributed by atoms with Crippen molar-refractivity contribution in [3.8, 4) is 11.1 Å². The molecule has 0 radical (unpaired) electrons. The second-order valence-corrected chi connectivity index (χ2v) is 9.83. The molecule has 2 heterocycles. The van der Waals surface area contributed by atoms with E-state index in [0.717, 1.165) is 34.4 Å². The van der Waals surface area contributed by atoms with E-state index in [-0.39, 0.29) is 37.4 Å². The monoisotopic (exact) mass is 509 g/mol. The molecule has 37 heavy (non-hydrogen) atoms. The van der Waals surface area contributed by atoms with E-state index in [9.17, 15) is 14.4 Å². The SMILES string of the molecule is CCOC(=O)CCN1CCN(C(=O)Nc2c(C)nc(CC(C)C)c(CN)c2-c2ccc(C)cc2)CC1=O. The highest BCUT2D eigenvalue weighted by Crippen LogP contribution is 2.36. The summed E-state index contributed by atoms with van der Waals surface area (Å²) in [5.74, 6) is -0.136. The van der Waals surface area contributed by atoms with Crippen LogP contribution >= 0.6 is 0 Å². The van der Waals surface area contributed by atoms with Gasteiger partial charge in [-0.25, -0.2) is 4.79 Å². The van der Waals surface area contributed by atoms with Crippen molar-refractivity contribution in [1.82, 2.24) is 14.8 Å². The van der Waals surface area contributed by atoms with Gasteiger partial charge >= 0.3 is 12.0 Å². The number of ether oxygens (including phenoxy) is 1. The number of nitrogens with two attached hydrogens (primary N) is 1. The first-order chi connectivity index (χ1) is 17.6. The first kappa shape index (κ1) is 28.1. The van der Waals surface area contributed by atoms with Crippen LogP contribution in [0.1, 0.15) is 49.7 Å². The third-order valence-corrected chi connectivity index (χ3v) is 6.44. The molecule has 1 aromatic carbocycles. The van der Waals surface area contributed by atoms with Crippen LogP contribution in [0.15, 0.2) is 24.3 Å². The molecule has 9 nitrogen and oxygen atoms in total. The van der Waals surface area contributed by atoms with Gasteiger partial charge in [0.15, 0.2) is 0 Å². The highest BCUT2D eigenvalue weighted by atomic mass is 16.5. The quantitative estimate of drug-likeness (QED) is 0.498. The Morgan fingerprint density at radius 2 is 1.86 bits per heavy atom. The lowest BCUT2D eigenvalue weighted by Gasteiger charge is -2.34. The fourth-order valence-electron chi connectivity index (χ4n) is 4.53. The predicted molar refractivity (Wildman–Crippen MR) is 144 cm³/mol. The molecular formula is C28H39N5O4. The molecule has 1 aliphatic heterocycles. The Hall–Kier alpha value is -3.46. The number of aromatic nitrogens is 1. The van der Waals surface area contributed by atoms with E-state index >= 15 is 0 Å². The number of anilines is 1. The van der Waals surface area contributed by atoms with Gasteiger partial charge in [0.1, 0.15) is 6.54 Å². The maximum Gasteiger partial charge on any atom is 0.322 e. The smallest absolute Gasteiger partial charge is 0.322 e. The van der Waals surface area contributed by atoms with Gasteiger partial charge in [0.2, 0.25) is 5.91 Å². The minimum Gasteiger partial charge on any atom is -0.466 e. The number of nitrogens with one attached hydrogen (secondary N) is 1. The zero-order valence-corrected chi connectivity index (χ0v) is 22.6. The molecule has 3 amide bonds. The lowest BCUT2D eigenvalue weighted by molar-refractivity contribution is -0.144. The van der Waals surface area contributed by atoms with Gasteiger partial charge in [-0.05, 0) is 44.2 Å². The number of hydrogen-bond donors (Lipinski definition) is 2. The standard InChI is InChI=1S/C28H39N5O4/c1-6-37-25(35)11-12-32-13-14-33(17-24(32)34)28(36)31-27-20(5)30-23(15-18(2)3)22(16-29)26(27)21-9-7-19(4)8-10-21/h7-10,18H,6,11-17,29H2,1-5H3,(H,31,36). The van der Waals surface area contributed by atoms with Crippen molar-refractivity contribution < 1.29 is 19.1 Å². The number of carbonyl (C=O) groups is 3. The van der Waals surface area contributed by atoms with Gasteiger partial charge in [-0.2, -0.15) is 0 Å². The Labute approximate surface area is 219 Å². The van der Waals surface area contributed by atoms with Crippen LogP contribution in [0.2, 0.25) is 0 Å². The zero-order valence-electron chi connectivity index (χ0n) is 22.6. The zero-order chi connectivity index (χ0) is 27.1. The van der Waals surface area contributed by atoms with E-state index in [1.807, 2.05) is 38.1 Å². The molecule has 1 saturated heterocycles. The fourth-order valence-corrected chi connectivity index (χ4v) is 4.53. The van der Waals surface area contributed by atoms with Gasteiger partial charge in [-0.3, -0.25) is 14.6 Å². The second kappa shape index (κ2) is 12.7. The second-order valence-electron chi connectivity index (χ2n) is 9.83. The molecule has 9 heteroatoms. The topological polar surface area (TPSA) is 118 Å². The number of benzene rings is 1. The van der Waals surface area contributed by atoms with Gasteiger partial charge in [0.05, 0.1) is 24.4 Å². The average Bonchev–Trinajstić information content (AvgIpc) is 2.85. The predicted octanol–water partition coefficient (Wildman–Crippen LogP) is 3.65. The van der Waals surface area contributed by atoms with Crippen molar-refractivity contribution in [2.24, 2.45) is 11.7 Å². The van der Waals surface area contributed by atoms with Crippen molar-refractivity contribution >= 4 is 23.6 Å². The molecule has 1 aliphatic rings. The number of hydrogen-bond acceptors (Lipinski definition) is 6. The van der Waals surface area contributed by atoms with Crippen molar-refractivity contribution in [1.29, 1.82) is 0 Å². The van der Waals surface area contributed by atoms with Gasteiger partial charge in [-0.1, -0.05) is 43.7 Å². The third-order valence-electron chi connectivity index (χ3n) is 6.44. The molecule has 3 rings (SSSR count). The van der Waals surface area contributed by atoms with E-state index < -0.39 is 0 Å². The summed E-state index contributed by atoms with van der Waals surface area (Å²) in [6.07, 6.45) is 0.920. The lowest BCUT2D eigenvalue weighted by Crippen LogP contribution is -2.53. The normalized spacial score (nSPS) is 13.8. The summed E-state index contributed by atoms with van der Waals surface area (Å²) in [6.45, 7) is 11.5. The van der Waals surface area contributed by atoms with E-state index in [2.05, 4.69) is 19.2 Å². The fraction of sp³-hybridized carbons (Fsp3) is 0.500. The molecule has 0 spiro atoms. The van der Waals surface area contributed by atoms with Crippen LogP contribution in [0.3, 0.4) is 0 Å². The molecule has 200 valence electrons. The number of urea groups is 1. The molecule has 3 N–H and O–H groups in total. The molecule has 0 atom stereocenters. The maximum absolute atomic E-state index is 13.3. The number of piperazine rings is 1. The van der Waals surface area contributed by atoms with Crippen LogP contribution < -0.4 is 11.1 Å². The first-order valence-electron chi connectivity index (χ1n) is 12.9. The van der Waals surface area contributed by atoms with Gasteiger partial charge in [0, 0.05) is 37.4 Å². The van der Waals surface area contributed by atoms with Gasteiger partial charge in [0.25, 0.3) is 0 Å². The summed E-state index contributed by atoms with van der Waals surface area (Å²) in [6, 6.07) is 7.77. The maximum atomic E-state index is 13.3. The Kier molecular flexibility index (Phi) is 9.63. The minimum absolute atomic E-state index is 0.0593. The van der Waals surface area contributed by atoms with Gasteiger partial charge in [-0.15, -0.1) is 0 Å². The number of carbonyl (C=O) groups excluding carboxylic acids is 3. The number of rotatable bonds is 9. The Bertz CT molecular complexity index is 1130. The molecule has 1 fully saturated rings. The molecular weight excluding hydrogens is 470 g/mol. The molecule has 1 aromatic heterocycles. The van der Waals surface area contributed by atoms with E-state index in [4.69, 9.17) is 15.5 Å². The summed E-state index contributed by atoms with van der Waals surface area (Å²) in [5, 5.41) is 3.04. The van der Waals surface area contributed by atoms with Crippen LogP contribution in [0.25, 0.3) is 11.1 Å². The number of pyridine rings is 1. The number of aryl methyl sites for hydroxylation is 2. The number of nitrogens with zero attached hydrogens (tertiary/aromatic N) is 3. The summed E-state index contributed by atoms with van der Waals surface area (Å²) in [7, 11) is 0. The van der Waals surface area contributed by atoms with Crippen molar-refractivity contribution in [3.63, 3.8) is 0 Å². The van der Waals surface area contributed by atoms with Crippen LogP contribution in [-0.2, 0) is 27.3 Å². The van der Waals surface area contributed by atoms with Crippen molar-refractivity contribution in [2.45, 2.75) is 54.0 Å². The molecule has 0 saturated carbocycles. The Balaban J connectivity index is 1.85. The third kappa shape index (κ3) is 7.07. The highest BCUT2D eigenvalue weighted by molar-refractivity contribution is 5.98. The van der Waals surface area contributed by atoms with Crippen LogP contribution in [0.5, 0.6) is 0 Å². The van der Waals surface area contributed by atoms with Crippen LogP contribution in [0, 0.1) is 19.8 Å². The van der Waals surface area contributed by atoms with Crippen molar-refractivity contribution in [2.75, 3.05) is 38.1 Å². The summed E-state index contributed by atoms with van der Waals surface area (Å²) >= 11 is 0. The van der Waals surface area contributed by atoms with E-state index in [1.54, 1.807) is 11.8 Å². The molecule has 0 aliphatic carbocycles. The largest absolute Gasteiger partial charge is 0.466 e.